The SMILES string of the molecule is COc1ccc(-n2ccc(CNCC(C)C)n2)cc1F. The third kappa shape index (κ3) is 3.57. The summed E-state index contributed by atoms with van der Waals surface area (Å²) < 4.78 is 20.2. The van der Waals surface area contributed by atoms with Gasteiger partial charge in [-0.05, 0) is 30.7 Å². The average Bonchev–Trinajstić information content (AvgIpc) is 2.87. The minimum Gasteiger partial charge on any atom is -0.494 e. The minimum atomic E-state index is -0.389. The molecule has 0 aliphatic rings. The monoisotopic (exact) mass is 277 g/mol. The Morgan fingerprint density at radius 1 is 1.35 bits per heavy atom. The first-order chi connectivity index (χ1) is 9.60. The maximum atomic E-state index is 13.7. The van der Waals surface area contributed by atoms with Gasteiger partial charge >= 0.3 is 0 Å². The summed E-state index contributed by atoms with van der Waals surface area (Å²) in [6, 6.07) is 6.72. The van der Waals surface area contributed by atoms with Gasteiger partial charge in [0.15, 0.2) is 11.6 Å². The van der Waals surface area contributed by atoms with Gasteiger partial charge in [-0.15, -0.1) is 0 Å². The molecular formula is C15H20FN3O. The molecule has 0 saturated heterocycles. The van der Waals surface area contributed by atoms with E-state index in [-0.39, 0.29) is 11.6 Å². The Morgan fingerprint density at radius 3 is 2.80 bits per heavy atom. The van der Waals surface area contributed by atoms with Gasteiger partial charge in [0.1, 0.15) is 0 Å². The Balaban J connectivity index is 2.06. The van der Waals surface area contributed by atoms with E-state index in [4.69, 9.17) is 4.74 Å². The van der Waals surface area contributed by atoms with Crippen LogP contribution in [0.4, 0.5) is 4.39 Å². The predicted molar refractivity (Wildman–Crippen MR) is 76.6 cm³/mol. The summed E-state index contributed by atoms with van der Waals surface area (Å²) >= 11 is 0. The van der Waals surface area contributed by atoms with Crippen molar-refractivity contribution in [3.05, 3.63) is 42.0 Å². The molecule has 1 N–H and O–H groups in total. The summed E-state index contributed by atoms with van der Waals surface area (Å²) in [6.45, 7) is 5.98. The fourth-order valence-electron chi connectivity index (χ4n) is 1.89. The molecule has 20 heavy (non-hydrogen) atoms. The van der Waals surface area contributed by atoms with E-state index in [1.165, 1.54) is 13.2 Å². The first kappa shape index (κ1) is 14.5. The van der Waals surface area contributed by atoms with Crippen molar-refractivity contribution in [1.82, 2.24) is 15.1 Å². The molecule has 2 aromatic rings. The van der Waals surface area contributed by atoms with E-state index >= 15 is 0 Å². The van der Waals surface area contributed by atoms with Gasteiger partial charge in [0.25, 0.3) is 0 Å². The molecule has 0 unspecified atom stereocenters. The quantitative estimate of drug-likeness (QED) is 0.882. The van der Waals surface area contributed by atoms with E-state index in [1.807, 2.05) is 12.3 Å². The molecule has 0 radical (unpaired) electrons. The van der Waals surface area contributed by atoms with Gasteiger partial charge in [-0.1, -0.05) is 13.8 Å². The summed E-state index contributed by atoms with van der Waals surface area (Å²) in [5.41, 5.74) is 1.61. The fraction of sp³-hybridized carbons (Fsp3) is 0.400. The van der Waals surface area contributed by atoms with Crippen molar-refractivity contribution in [3.8, 4) is 11.4 Å². The summed E-state index contributed by atoms with van der Waals surface area (Å²) in [7, 11) is 1.45. The van der Waals surface area contributed by atoms with Crippen LogP contribution >= 0.6 is 0 Å². The Morgan fingerprint density at radius 2 is 2.15 bits per heavy atom. The molecule has 108 valence electrons. The number of ether oxygens (including phenoxy) is 1. The van der Waals surface area contributed by atoms with Gasteiger partial charge in [-0.25, -0.2) is 9.07 Å². The highest BCUT2D eigenvalue weighted by atomic mass is 19.1. The molecule has 1 aromatic carbocycles. The van der Waals surface area contributed by atoms with Crippen molar-refractivity contribution in [2.45, 2.75) is 20.4 Å². The van der Waals surface area contributed by atoms with E-state index < -0.39 is 0 Å². The first-order valence-corrected chi connectivity index (χ1v) is 6.69. The lowest BCUT2D eigenvalue weighted by Gasteiger charge is -2.06. The average molecular weight is 277 g/mol. The normalized spacial score (nSPS) is 11.1. The van der Waals surface area contributed by atoms with Gasteiger partial charge in [0.2, 0.25) is 0 Å². The molecule has 2 rings (SSSR count). The second-order valence-electron chi connectivity index (χ2n) is 5.10. The summed E-state index contributed by atoms with van der Waals surface area (Å²) in [5.74, 6) is 0.451. The van der Waals surface area contributed by atoms with E-state index in [2.05, 4.69) is 24.3 Å². The predicted octanol–water partition coefficient (Wildman–Crippen LogP) is 2.77. The summed E-state index contributed by atoms with van der Waals surface area (Å²) in [4.78, 5) is 0. The van der Waals surface area contributed by atoms with E-state index in [0.29, 0.717) is 18.2 Å². The van der Waals surface area contributed by atoms with Crippen LogP contribution in [0.3, 0.4) is 0 Å². The lowest BCUT2D eigenvalue weighted by Crippen LogP contribution is -2.19. The van der Waals surface area contributed by atoms with E-state index in [1.54, 1.807) is 16.8 Å². The lowest BCUT2D eigenvalue weighted by atomic mass is 10.2. The second kappa shape index (κ2) is 6.52. The number of benzene rings is 1. The van der Waals surface area contributed by atoms with Crippen molar-refractivity contribution in [1.29, 1.82) is 0 Å². The summed E-state index contributed by atoms with van der Waals surface area (Å²) in [5, 5.41) is 7.75. The number of nitrogens with zero attached hydrogens (tertiary/aromatic N) is 2. The largest absolute Gasteiger partial charge is 0.494 e. The highest BCUT2D eigenvalue weighted by Crippen LogP contribution is 2.19. The first-order valence-electron chi connectivity index (χ1n) is 6.69. The van der Waals surface area contributed by atoms with Crippen LogP contribution in [0.2, 0.25) is 0 Å². The number of rotatable bonds is 6. The van der Waals surface area contributed by atoms with Gasteiger partial charge in [-0.3, -0.25) is 0 Å². The van der Waals surface area contributed by atoms with E-state index in [9.17, 15) is 4.39 Å². The highest BCUT2D eigenvalue weighted by Gasteiger charge is 2.06. The highest BCUT2D eigenvalue weighted by molar-refractivity contribution is 5.38. The lowest BCUT2D eigenvalue weighted by molar-refractivity contribution is 0.386. The molecule has 0 aliphatic carbocycles. The molecule has 0 bridgehead atoms. The zero-order valence-corrected chi connectivity index (χ0v) is 12.1. The van der Waals surface area contributed by atoms with Crippen LogP contribution in [0.25, 0.3) is 5.69 Å². The molecule has 0 spiro atoms. The molecule has 0 aliphatic heterocycles. The minimum absolute atomic E-state index is 0.236. The van der Waals surface area contributed by atoms with Gasteiger partial charge < -0.3 is 10.1 Å². The molecule has 1 aromatic heterocycles. The Bertz CT molecular complexity index is 566. The van der Waals surface area contributed by atoms with Crippen molar-refractivity contribution in [2.75, 3.05) is 13.7 Å². The molecule has 5 heteroatoms. The zero-order chi connectivity index (χ0) is 14.5. The number of aromatic nitrogens is 2. The Kier molecular flexibility index (Phi) is 4.74. The molecule has 0 fully saturated rings. The third-order valence-corrected chi connectivity index (χ3v) is 2.90. The molecule has 0 amide bonds. The molecular weight excluding hydrogens is 257 g/mol. The van der Waals surface area contributed by atoms with Gasteiger partial charge in [0, 0.05) is 18.8 Å². The Labute approximate surface area is 118 Å². The van der Waals surface area contributed by atoms with Crippen LogP contribution in [0.5, 0.6) is 5.75 Å². The van der Waals surface area contributed by atoms with Gasteiger partial charge in [-0.2, -0.15) is 5.10 Å². The number of halogens is 1. The smallest absolute Gasteiger partial charge is 0.167 e. The van der Waals surface area contributed by atoms with Crippen LogP contribution in [0, 0.1) is 11.7 Å². The van der Waals surface area contributed by atoms with Crippen LogP contribution in [0.1, 0.15) is 19.5 Å². The van der Waals surface area contributed by atoms with Crippen LogP contribution in [-0.4, -0.2) is 23.4 Å². The Hall–Kier alpha value is -1.88. The number of methoxy groups -OCH3 is 1. The summed E-state index contributed by atoms with van der Waals surface area (Å²) in [6.07, 6.45) is 1.83. The van der Waals surface area contributed by atoms with Crippen molar-refractivity contribution in [3.63, 3.8) is 0 Å². The van der Waals surface area contributed by atoms with Gasteiger partial charge in [0.05, 0.1) is 18.5 Å². The maximum absolute atomic E-state index is 13.7. The fourth-order valence-corrected chi connectivity index (χ4v) is 1.89. The second-order valence-corrected chi connectivity index (χ2v) is 5.10. The number of hydrogen-bond donors (Lipinski definition) is 1. The molecule has 0 atom stereocenters. The van der Waals surface area contributed by atoms with Crippen LogP contribution < -0.4 is 10.1 Å². The number of nitrogens with one attached hydrogen (secondary N) is 1. The molecule has 1 heterocycles. The third-order valence-electron chi connectivity index (χ3n) is 2.90. The van der Waals surface area contributed by atoms with Crippen molar-refractivity contribution < 1.29 is 9.13 Å². The van der Waals surface area contributed by atoms with Crippen LogP contribution in [-0.2, 0) is 6.54 Å². The molecule has 4 nitrogen and oxygen atoms in total. The van der Waals surface area contributed by atoms with Crippen molar-refractivity contribution in [2.24, 2.45) is 5.92 Å². The maximum Gasteiger partial charge on any atom is 0.167 e. The van der Waals surface area contributed by atoms with Crippen LogP contribution in [0.15, 0.2) is 30.5 Å². The number of hydrogen-bond acceptors (Lipinski definition) is 3. The zero-order valence-electron chi connectivity index (χ0n) is 12.1. The standard InChI is InChI=1S/C15H20FN3O/c1-11(2)9-17-10-12-6-7-19(18-12)13-4-5-15(20-3)14(16)8-13/h4-8,11,17H,9-10H2,1-3H3. The van der Waals surface area contributed by atoms with Crippen molar-refractivity contribution >= 4 is 0 Å². The molecule has 0 saturated carbocycles. The topological polar surface area (TPSA) is 39.1 Å². The van der Waals surface area contributed by atoms with E-state index in [0.717, 1.165) is 12.2 Å².